The van der Waals surface area contributed by atoms with E-state index < -0.39 is 0 Å². The van der Waals surface area contributed by atoms with Crippen molar-refractivity contribution in [1.29, 1.82) is 0 Å². The molecule has 0 unspecified atom stereocenters. The molecule has 0 atom stereocenters. The summed E-state index contributed by atoms with van der Waals surface area (Å²) in [5, 5.41) is 2.88. The number of urea groups is 1. The van der Waals surface area contributed by atoms with Gasteiger partial charge >= 0.3 is 6.03 Å². The Balaban J connectivity index is 1.65. The summed E-state index contributed by atoms with van der Waals surface area (Å²) in [5.74, 6) is 1.07. The smallest absolute Gasteiger partial charge is 0.327 e. The molecule has 0 saturated heterocycles. The molecule has 0 radical (unpaired) electrons. The summed E-state index contributed by atoms with van der Waals surface area (Å²) in [4.78, 5) is 26.9. The van der Waals surface area contributed by atoms with Crippen molar-refractivity contribution in [3.63, 3.8) is 0 Å². The Kier molecular flexibility index (Phi) is 3.96. The first-order chi connectivity index (χ1) is 12.3. The number of anilines is 2. The van der Waals surface area contributed by atoms with E-state index in [0.717, 1.165) is 11.3 Å². The topological polar surface area (TPSA) is 80.2 Å². The van der Waals surface area contributed by atoms with Crippen LogP contribution in [0.2, 0.25) is 0 Å². The van der Waals surface area contributed by atoms with E-state index in [1.54, 1.807) is 17.3 Å². The van der Waals surface area contributed by atoms with Gasteiger partial charge in [0, 0.05) is 23.6 Å². The van der Waals surface area contributed by atoms with Crippen LogP contribution in [0.25, 0.3) is 11.3 Å². The monoisotopic (exact) mass is 333 g/mol. The zero-order valence-electron chi connectivity index (χ0n) is 13.3. The first-order valence-electron chi connectivity index (χ1n) is 7.84. The van der Waals surface area contributed by atoms with E-state index in [4.69, 9.17) is 4.74 Å². The summed E-state index contributed by atoms with van der Waals surface area (Å²) >= 11 is 0. The largest absolute Gasteiger partial charge is 0.488 e. The van der Waals surface area contributed by atoms with E-state index in [-0.39, 0.29) is 6.03 Å². The Bertz CT molecular complexity index is 886. The van der Waals surface area contributed by atoms with Crippen LogP contribution >= 0.6 is 0 Å². The average molecular weight is 333 g/mol. The summed E-state index contributed by atoms with van der Waals surface area (Å²) < 4.78 is 5.63. The Morgan fingerprint density at radius 1 is 1.08 bits per heavy atom. The minimum absolute atomic E-state index is 0.246. The highest BCUT2D eigenvalue weighted by Gasteiger charge is 2.26. The van der Waals surface area contributed by atoms with Gasteiger partial charge in [-0.25, -0.2) is 19.7 Å². The molecule has 0 saturated carbocycles. The fourth-order valence-corrected chi connectivity index (χ4v) is 2.60. The number of pyridine rings is 1. The SMILES string of the molecule is O=C(Nc1ccccc1)N1CCOc2ccc(-c3cncnc3)nc21. The third-order valence-corrected chi connectivity index (χ3v) is 3.79. The highest BCUT2D eigenvalue weighted by molar-refractivity contribution is 6.02. The van der Waals surface area contributed by atoms with E-state index in [2.05, 4.69) is 20.3 Å². The number of hydrogen-bond donors (Lipinski definition) is 1. The molecule has 0 fully saturated rings. The summed E-state index contributed by atoms with van der Waals surface area (Å²) in [6.07, 6.45) is 4.82. The Morgan fingerprint density at radius 2 is 1.88 bits per heavy atom. The van der Waals surface area contributed by atoms with Crippen LogP contribution in [0.3, 0.4) is 0 Å². The van der Waals surface area contributed by atoms with Gasteiger partial charge < -0.3 is 10.1 Å². The van der Waals surface area contributed by atoms with E-state index in [1.165, 1.54) is 6.33 Å². The van der Waals surface area contributed by atoms with Crippen LogP contribution in [0.15, 0.2) is 61.2 Å². The second kappa shape index (κ2) is 6.56. The number of hydrogen-bond acceptors (Lipinski definition) is 5. The number of nitrogens with one attached hydrogen (secondary N) is 1. The van der Waals surface area contributed by atoms with Gasteiger partial charge in [-0.15, -0.1) is 0 Å². The number of nitrogens with zero attached hydrogens (tertiary/aromatic N) is 4. The predicted octanol–water partition coefficient (Wildman–Crippen LogP) is 2.97. The second-order valence-corrected chi connectivity index (χ2v) is 5.44. The fourth-order valence-electron chi connectivity index (χ4n) is 2.60. The minimum atomic E-state index is -0.246. The number of carbonyl (C=O) groups excluding carboxylic acids is 1. The van der Waals surface area contributed by atoms with Gasteiger partial charge in [0.25, 0.3) is 0 Å². The predicted molar refractivity (Wildman–Crippen MR) is 93.6 cm³/mol. The lowest BCUT2D eigenvalue weighted by Crippen LogP contribution is -2.41. The second-order valence-electron chi connectivity index (χ2n) is 5.44. The van der Waals surface area contributed by atoms with Gasteiger partial charge in [-0.3, -0.25) is 4.90 Å². The molecular weight excluding hydrogens is 318 g/mol. The van der Waals surface area contributed by atoms with Crippen molar-refractivity contribution >= 4 is 17.5 Å². The van der Waals surface area contributed by atoms with Crippen LogP contribution in [0.4, 0.5) is 16.3 Å². The molecule has 7 nitrogen and oxygen atoms in total. The number of benzene rings is 1. The Hall–Kier alpha value is -3.48. The molecule has 1 N–H and O–H groups in total. The van der Waals surface area contributed by atoms with Crippen LogP contribution in [0, 0.1) is 0 Å². The lowest BCUT2D eigenvalue weighted by molar-refractivity contribution is 0.249. The minimum Gasteiger partial charge on any atom is -0.488 e. The third kappa shape index (κ3) is 3.12. The number of para-hydroxylation sites is 1. The van der Waals surface area contributed by atoms with Crippen molar-refractivity contribution in [2.24, 2.45) is 0 Å². The first kappa shape index (κ1) is 15.1. The van der Waals surface area contributed by atoms with Crippen molar-refractivity contribution in [3.05, 3.63) is 61.2 Å². The molecule has 0 aliphatic carbocycles. The van der Waals surface area contributed by atoms with Crippen LogP contribution < -0.4 is 15.0 Å². The number of carbonyl (C=O) groups is 1. The lowest BCUT2D eigenvalue weighted by atomic mass is 10.2. The maximum atomic E-state index is 12.7. The number of amides is 2. The van der Waals surface area contributed by atoms with E-state index in [1.807, 2.05) is 42.5 Å². The van der Waals surface area contributed by atoms with Crippen LogP contribution in [0.1, 0.15) is 0 Å². The molecule has 1 aliphatic heterocycles. The number of rotatable bonds is 2. The van der Waals surface area contributed by atoms with Crippen molar-refractivity contribution in [1.82, 2.24) is 15.0 Å². The van der Waals surface area contributed by atoms with E-state index >= 15 is 0 Å². The van der Waals surface area contributed by atoms with E-state index in [9.17, 15) is 4.79 Å². The molecule has 0 bridgehead atoms. The van der Waals surface area contributed by atoms with Crippen LogP contribution in [0.5, 0.6) is 5.75 Å². The molecule has 3 aromatic rings. The van der Waals surface area contributed by atoms with Crippen LogP contribution in [-0.4, -0.2) is 34.1 Å². The molecule has 1 aliphatic rings. The number of aromatic nitrogens is 3. The molecule has 7 heteroatoms. The Morgan fingerprint density at radius 3 is 2.68 bits per heavy atom. The van der Waals surface area contributed by atoms with Gasteiger partial charge in [0.15, 0.2) is 11.6 Å². The summed E-state index contributed by atoms with van der Waals surface area (Å²) in [6, 6.07) is 12.7. The van der Waals surface area contributed by atoms with Crippen molar-refractivity contribution in [3.8, 4) is 17.0 Å². The molecule has 1 aromatic carbocycles. The van der Waals surface area contributed by atoms with Gasteiger partial charge in [0.05, 0.1) is 12.2 Å². The average Bonchev–Trinajstić information content (AvgIpc) is 2.68. The first-order valence-corrected chi connectivity index (χ1v) is 7.84. The van der Waals surface area contributed by atoms with Gasteiger partial charge in [-0.1, -0.05) is 18.2 Å². The lowest BCUT2D eigenvalue weighted by Gasteiger charge is -2.28. The maximum absolute atomic E-state index is 12.7. The standard InChI is InChI=1S/C18H15N5O2/c24-18(21-14-4-2-1-3-5-14)23-8-9-25-16-7-6-15(22-17(16)23)13-10-19-12-20-11-13/h1-7,10-12H,8-9H2,(H,21,24). The number of fused-ring (bicyclic) bond motifs is 1. The van der Waals surface area contributed by atoms with Gasteiger partial charge in [-0.2, -0.15) is 0 Å². The summed E-state index contributed by atoms with van der Waals surface area (Å²) in [6.45, 7) is 0.845. The molecular formula is C18H15N5O2. The Labute approximate surface area is 144 Å². The van der Waals surface area contributed by atoms with Gasteiger partial charge in [-0.05, 0) is 24.3 Å². The molecule has 2 amide bonds. The summed E-state index contributed by atoms with van der Waals surface area (Å²) in [7, 11) is 0. The van der Waals surface area contributed by atoms with Gasteiger partial charge in [0.1, 0.15) is 12.9 Å². The van der Waals surface area contributed by atoms with Crippen molar-refractivity contribution in [2.45, 2.75) is 0 Å². The highest BCUT2D eigenvalue weighted by atomic mass is 16.5. The molecule has 4 rings (SSSR count). The highest BCUT2D eigenvalue weighted by Crippen LogP contribution is 2.32. The quantitative estimate of drug-likeness (QED) is 0.780. The molecule has 124 valence electrons. The van der Waals surface area contributed by atoms with E-state index in [0.29, 0.717) is 30.4 Å². The van der Waals surface area contributed by atoms with Crippen molar-refractivity contribution < 1.29 is 9.53 Å². The van der Waals surface area contributed by atoms with Crippen molar-refractivity contribution in [2.75, 3.05) is 23.4 Å². The third-order valence-electron chi connectivity index (χ3n) is 3.79. The molecule has 3 heterocycles. The fraction of sp³-hybridized carbons (Fsp3) is 0.111. The normalized spacial score (nSPS) is 12.9. The molecule has 25 heavy (non-hydrogen) atoms. The molecule has 2 aromatic heterocycles. The van der Waals surface area contributed by atoms with Crippen LogP contribution in [-0.2, 0) is 0 Å². The summed E-state index contributed by atoms with van der Waals surface area (Å²) in [5.41, 5.74) is 2.19. The zero-order valence-corrected chi connectivity index (χ0v) is 13.3. The van der Waals surface area contributed by atoms with Gasteiger partial charge in [0.2, 0.25) is 0 Å². The zero-order chi connectivity index (χ0) is 17.1. The maximum Gasteiger partial charge on any atom is 0.327 e. The number of ether oxygens (including phenoxy) is 1. The molecule has 0 spiro atoms.